The van der Waals surface area contributed by atoms with Crippen molar-refractivity contribution in [2.75, 3.05) is 12.3 Å². The van der Waals surface area contributed by atoms with Crippen LogP contribution in [0.15, 0.2) is 24.4 Å². The Morgan fingerprint density at radius 3 is 3.11 bits per heavy atom. The fourth-order valence-electron chi connectivity index (χ4n) is 1.81. The molecule has 2 rings (SSSR count). The normalized spacial score (nSPS) is 10.2. The maximum atomic E-state index is 12.0. The highest BCUT2D eigenvalue weighted by Gasteiger charge is 2.11. The molecule has 0 fully saturated rings. The number of benzene rings is 1. The summed E-state index contributed by atoms with van der Waals surface area (Å²) in [4.78, 5) is 15.0. The van der Waals surface area contributed by atoms with Gasteiger partial charge in [-0.2, -0.15) is 0 Å². The lowest BCUT2D eigenvalue weighted by atomic mass is 10.1. The van der Waals surface area contributed by atoms with Crippen LogP contribution in [0.1, 0.15) is 23.2 Å². The zero-order valence-corrected chi connectivity index (χ0v) is 9.99. The number of fused-ring (bicyclic) bond motifs is 1. The molecule has 4 nitrogen and oxygen atoms in total. The molecule has 92 valence electrons. The number of H-pyrrole nitrogens is 1. The number of unbranched alkanes of at least 4 members (excludes halogenated alkanes) is 1. The van der Waals surface area contributed by atoms with Gasteiger partial charge >= 0.3 is 0 Å². The maximum absolute atomic E-state index is 12.0. The van der Waals surface area contributed by atoms with Crippen LogP contribution in [0.5, 0.6) is 0 Å². The molecule has 1 heterocycles. The highest BCUT2D eigenvalue weighted by Crippen LogP contribution is 2.20. The SMILES string of the molecule is C#CCCCNC(=O)c1c[nH]c2ccc(N)cc12. The van der Waals surface area contributed by atoms with E-state index in [1.807, 2.05) is 6.07 Å². The van der Waals surface area contributed by atoms with E-state index in [9.17, 15) is 4.79 Å². The van der Waals surface area contributed by atoms with Gasteiger partial charge in [-0.05, 0) is 24.6 Å². The van der Waals surface area contributed by atoms with Gasteiger partial charge < -0.3 is 16.0 Å². The standard InChI is InChI=1S/C14H15N3O/c1-2-3-4-7-16-14(18)12-9-17-13-6-5-10(15)8-11(12)13/h1,5-6,8-9,17H,3-4,7,15H2,(H,16,18). The number of terminal acetylenes is 1. The van der Waals surface area contributed by atoms with E-state index in [0.717, 1.165) is 17.3 Å². The number of rotatable bonds is 4. The van der Waals surface area contributed by atoms with Gasteiger partial charge in [-0.3, -0.25) is 4.79 Å². The first-order valence-corrected chi connectivity index (χ1v) is 5.80. The minimum absolute atomic E-state index is 0.108. The van der Waals surface area contributed by atoms with Crippen LogP contribution in [-0.4, -0.2) is 17.4 Å². The van der Waals surface area contributed by atoms with Crippen molar-refractivity contribution in [3.63, 3.8) is 0 Å². The van der Waals surface area contributed by atoms with Crippen LogP contribution in [0.4, 0.5) is 5.69 Å². The Hall–Kier alpha value is -2.41. The van der Waals surface area contributed by atoms with Crippen molar-refractivity contribution in [3.8, 4) is 12.3 Å². The van der Waals surface area contributed by atoms with E-state index in [4.69, 9.17) is 12.2 Å². The van der Waals surface area contributed by atoms with Crippen molar-refractivity contribution in [2.45, 2.75) is 12.8 Å². The van der Waals surface area contributed by atoms with Crippen LogP contribution >= 0.6 is 0 Å². The van der Waals surface area contributed by atoms with E-state index in [0.29, 0.717) is 24.2 Å². The molecule has 18 heavy (non-hydrogen) atoms. The molecule has 0 bridgehead atoms. The number of aromatic amines is 1. The summed E-state index contributed by atoms with van der Waals surface area (Å²) in [6, 6.07) is 5.45. The third-order valence-corrected chi connectivity index (χ3v) is 2.73. The lowest BCUT2D eigenvalue weighted by molar-refractivity contribution is 0.0955. The van der Waals surface area contributed by atoms with Crippen molar-refractivity contribution >= 4 is 22.5 Å². The highest BCUT2D eigenvalue weighted by atomic mass is 16.1. The molecule has 4 N–H and O–H groups in total. The average Bonchev–Trinajstić information content (AvgIpc) is 2.77. The summed E-state index contributed by atoms with van der Waals surface area (Å²) in [6.07, 6.45) is 8.30. The first-order chi connectivity index (χ1) is 8.72. The summed E-state index contributed by atoms with van der Waals surface area (Å²) in [7, 11) is 0. The molecule has 1 aromatic carbocycles. The van der Waals surface area contributed by atoms with Gasteiger partial charge in [-0.15, -0.1) is 12.3 Å². The molecular weight excluding hydrogens is 226 g/mol. The fraction of sp³-hybridized carbons (Fsp3) is 0.214. The molecule has 0 atom stereocenters. The van der Waals surface area contributed by atoms with Gasteiger partial charge in [-0.1, -0.05) is 0 Å². The summed E-state index contributed by atoms with van der Waals surface area (Å²) in [5, 5.41) is 3.67. The van der Waals surface area contributed by atoms with E-state index < -0.39 is 0 Å². The van der Waals surface area contributed by atoms with Crippen LogP contribution < -0.4 is 11.1 Å². The molecule has 0 aliphatic rings. The van der Waals surface area contributed by atoms with E-state index >= 15 is 0 Å². The molecule has 1 amide bonds. The highest BCUT2D eigenvalue weighted by molar-refractivity contribution is 6.07. The molecular formula is C14H15N3O. The number of amides is 1. The number of anilines is 1. The lowest BCUT2D eigenvalue weighted by Crippen LogP contribution is -2.24. The Morgan fingerprint density at radius 2 is 2.33 bits per heavy atom. The monoisotopic (exact) mass is 241 g/mol. The zero-order valence-electron chi connectivity index (χ0n) is 9.99. The smallest absolute Gasteiger partial charge is 0.253 e. The van der Waals surface area contributed by atoms with Crippen molar-refractivity contribution in [1.82, 2.24) is 10.3 Å². The Balaban J connectivity index is 2.13. The second-order valence-electron chi connectivity index (χ2n) is 4.07. The van der Waals surface area contributed by atoms with Crippen molar-refractivity contribution < 1.29 is 4.79 Å². The Bertz CT molecular complexity index is 607. The van der Waals surface area contributed by atoms with Crippen LogP contribution in [0.25, 0.3) is 10.9 Å². The topological polar surface area (TPSA) is 70.9 Å². The van der Waals surface area contributed by atoms with E-state index in [2.05, 4.69) is 16.2 Å². The number of nitrogens with two attached hydrogens (primary N) is 1. The number of carbonyl (C=O) groups is 1. The predicted molar refractivity (Wildman–Crippen MR) is 73.1 cm³/mol. The van der Waals surface area contributed by atoms with Gasteiger partial charge in [0, 0.05) is 35.8 Å². The number of nitrogen functional groups attached to an aromatic ring is 1. The van der Waals surface area contributed by atoms with Crippen LogP contribution in [0.3, 0.4) is 0 Å². The largest absolute Gasteiger partial charge is 0.399 e. The summed E-state index contributed by atoms with van der Waals surface area (Å²) >= 11 is 0. The molecule has 2 aromatic rings. The molecule has 0 radical (unpaired) electrons. The second-order valence-corrected chi connectivity index (χ2v) is 4.07. The summed E-state index contributed by atoms with van der Waals surface area (Å²) in [6.45, 7) is 0.581. The van der Waals surface area contributed by atoms with Gasteiger partial charge in [-0.25, -0.2) is 0 Å². The second kappa shape index (κ2) is 5.28. The van der Waals surface area contributed by atoms with E-state index in [1.165, 1.54) is 0 Å². The van der Waals surface area contributed by atoms with E-state index in [-0.39, 0.29) is 5.91 Å². The summed E-state index contributed by atoms with van der Waals surface area (Å²) in [5.74, 6) is 2.43. The summed E-state index contributed by atoms with van der Waals surface area (Å²) < 4.78 is 0. The van der Waals surface area contributed by atoms with Crippen LogP contribution in [-0.2, 0) is 0 Å². The first-order valence-electron chi connectivity index (χ1n) is 5.80. The minimum Gasteiger partial charge on any atom is -0.399 e. The average molecular weight is 241 g/mol. The quantitative estimate of drug-likeness (QED) is 0.434. The third kappa shape index (κ3) is 2.46. The molecule has 0 spiro atoms. The predicted octanol–water partition coefficient (Wildman–Crippen LogP) is 1.89. The van der Waals surface area contributed by atoms with E-state index in [1.54, 1.807) is 18.3 Å². The van der Waals surface area contributed by atoms with Crippen molar-refractivity contribution in [2.24, 2.45) is 0 Å². The molecule has 0 aliphatic heterocycles. The van der Waals surface area contributed by atoms with Crippen molar-refractivity contribution in [3.05, 3.63) is 30.0 Å². The van der Waals surface area contributed by atoms with Gasteiger partial charge in [0.1, 0.15) is 0 Å². The number of nitrogens with one attached hydrogen (secondary N) is 2. The molecule has 0 saturated heterocycles. The molecule has 0 aliphatic carbocycles. The third-order valence-electron chi connectivity index (χ3n) is 2.73. The van der Waals surface area contributed by atoms with Gasteiger partial charge in [0.25, 0.3) is 5.91 Å². The molecule has 1 aromatic heterocycles. The number of hydrogen-bond acceptors (Lipinski definition) is 2. The number of aromatic nitrogens is 1. The van der Waals surface area contributed by atoms with Crippen LogP contribution in [0.2, 0.25) is 0 Å². The summed E-state index contributed by atoms with van der Waals surface area (Å²) in [5.41, 5.74) is 7.88. The Labute approximate surface area is 106 Å². The fourth-order valence-corrected chi connectivity index (χ4v) is 1.81. The molecule has 0 unspecified atom stereocenters. The van der Waals surface area contributed by atoms with Crippen molar-refractivity contribution in [1.29, 1.82) is 0 Å². The Kier molecular flexibility index (Phi) is 3.54. The number of carbonyl (C=O) groups excluding carboxylic acids is 1. The Morgan fingerprint density at radius 1 is 1.50 bits per heavy atom. The first kappa shape index (κ1) is 12.1. The van der Waals surface area contributed by atoms with Gasteiger partial charge in [0.15, 0.2) is 0 Å². The van der Waals surface area contributed by atoms with Crippen LogP contribution in [0, 0.1) is 12.3 Å². The number of hydrogen-bond donors (Lipinski definition) is 3. The molecule has 0 saturated carbocycles. The maximum Gasteiger partial charge on any atom is 0.253 e. The lowest BCUT2D eigenvalue weighted by Gasteiger charge is -2.03. The van der Waals surface area contributed by atoms with Gasteiger partial charge in [0.05, 0.1) is 5.56 Å². The minimum atomic E-state index is -0.108. The van der Waals surface area contributed by atoms with Gasteiger partial charge in [0.2, 0.25) is 0 Å². The zero-order chi connectivity index (χ0) is 13.0. The molecule has 4 heteroatoms.